The monoisotopic (exact) mass is 218 g/mol. The molecule has 0 radical (unpaired) electrons. The van der Waals surface area contributed by atoms with Crippen LogP contribution in [0, 0.1) is 5.92 Å². The van der Waals surface area contributed by atoms with Gasteiger partial charge in [0.1, 0.15) is 0 Å². The number of carbonyl (C=O) groups is 1. The summed E-state index contributed by atoms with van der Waals surface area (Å²) < 4.78 is 0. The molecule has 1 aromatic heterocycles. The lowest BCUT2D eigenvalue weighted by Gasteiger charge is -2.30. The zero-order valence-corrected chi connectivity index (χ0v) is 9.72. The number of hydrogen-bond donors (Lipinski definition) is 0. The van der Waals surface area contributed by atoms with Gasteiger partial charge in [-0.2, -0.15) is 0 Å². The fourth-order valence-corrected chi connectivity index (χ4v) is 2.05. The Bertz CT molecular complexity index is 342. The molecule has 3 heteroatoms. The molecule has 2 rings (SSSR count). The Morgan fingerprint density at radius 3 is 2.88 bits per heavy atom. The molecule has 1 amide bonds. The molecule has 86 valence electrons. The van der Waals surface area contributed by atoms with E-state index >= 15 is 0 Å². The minimum atomic E-state index is 0.236. The van der Waals surface area contributed by atoms with Gasteiger partial charge in [0, 0.05) is 25.5 Å². The third kappa shape index (κ3) is 2.81. The molecule has 0 aliphatic carbocycles. The summed E-state index contributed by atoms with van der Waals surface area (Å²) in [6, 6.07) is 3.83. The van der Waals surface area contributed by atoms with Gasteiger partial charge in [-0.05, 0) is 30.4 Å². The molecule has 2 heterocycles. The van der Waals surface area contributed by atoms with Gasteiger partial charge in [0.05, 0.1) is 6.42 Å². The van der Waals surface area contributed by atoms with E-state index in [1.165, 1.54) is 0 Å². The molecule has 1 saturated heterocycles. The second-order valence-electron chi connectivity index (χ2n) is 4.60. The molecule has 1 aromatic rings. The fourth-order valence-electron chi connectivity index (χ4n) is 2.05. The van der Waals surface area contributed by atoms with Crippen LogP contribution in [0.4, 0.5) is 0 Å². The normalized spacial score (nSPS) is 17.4. The summed E-state index contributed by atoms with van der Waals surface area (Å²) in [6.45, 7) is 4.09. The van der Waals surface area contributed by atoms with Gasteiger partial charge in [-0.1, -0.05) is 13.0 Å². The summed E-state index contributed by atoms with van der Waals surface area (Å²) in [5.41, 5.74) is 1.01. The third-order valence-electron chi connectivity index (χ3n) is 3.21. The summed E-state index contributed by atoms with van der Waals surface area (Å²) >= 11 is 0. The fraction of sp³-hybridized carbons (Fsp3) is 0.538. The van der Waals surface area contributed by atoms with E-state index in [2.05, 4.69) is 11.9 Å². The van der Waals surface area contributed by atoms with Crippen molar-refractivity contribution in [3.05, 3.63) is 30.1 Å². The number of aromatic nitrogens is 1. The van der Waals surface area contributed by atoms with Crippen LogP contribution in [0.25, 0.3) is 0 Å². The number of piperidine rings is 1. The largest absolute Gasteiger partial charge is 0.342 e. The topological polar surface area (TPSA) is 33.2 Å². The predicted octanol–water partition coefficient (Wildman–Crippen LogP) is 1.88. The van der Waals surface area contributed by atoms with Gasteiger partial charge in [-0.15, -0.1) is 0 Å². The number of likely N-dealkylation sites (tertiary alicyclic amines) is 1. The van der Waals surface area contributed by atoms with E-state index in [9.17, 15) is 4.79 Å². The second kappa shape index (κ2) is 5.10. The van der Waals surface area contributed by atoms with Crippen LogP contribution < -0.4 is 0 Å². The van der Waals surface area contributed by atoms with Gasteiger partial charge in [0.2, 0.25) is 5.91 Å². The Hall–Kier alpha value is -1.38. The standard InChI is InChI=1S/C13H18N2O/c1-11-4-7-15(8-5-11)13(16)9-12-3-2-6-14-10-12/h2-3,6,10-11H,4-5,7-9H2,1H3. The summed E-state index contributed by atoms with van der Waals surface area (Å²) in [4.78, 5) is 18.0. The van der Waals surface area contributed by atoms with Gasteiger partial charge >= 0.3 is 0 Å². The summed E-state index contributed by atoms with van der Waals surface area (Å²) in [7, 11) is 0. The maximum Gasteiger partial charge on any atom is 0.227 e. The van der Waals surface area contributed by atoms with E-state index in [4.69, 9.17) is 0 Å². The van der Waals surface area contributed by atoms with Crippen LogP contribution in [0.15, 0.2) is 24.5 Å². The highest BCUT2D eigenvalue weighted by Gasteiger charge is 2.20. The van der Waals surface area contributed by atoms with Crippen molar-refractivity contribution >= 4 is 5.91 Å². The van der Waals surface area contributed by atoms with Gasteiger partial charge in [-0.3, -0.25) is 9.78 Å². The molecule has 0 unspecified atom stereocenters. The van der Waals surface area contributed by atoms with Gasteiger partial charge < -0.3 is 4.90 Å². The first-order valence-electron chi connectivity index (χ1n) is 5.92. The lowest BCUT2D eigenvalue weighted by Crippen LogP contribution is -2.38. The van der Waals surface area contributed by atoms with Crippen LogP contribution in [-0.4, -0.2) is 28.9 Å². The minimum absolute atomic E-state index is 0.236. The lowest BCUT2D eigenvalue weighted by atomic mass is 9.99. The molecule has 0 aromatic carbocycles. The number of rotatable bonds is 2. The summed E-state index contributed by atoms with van der Waals surface area (Å²) in [5.74, 6) is 1.00. The molecule has 1 aliphatic rings. The molecule has 16 heavy (non-hydrogen) atoms. The van der Waals surface area contributed by atoms with E-state index in [-0.39, 0.29) is 5.91 Å². The van der Waals surface area contributed by atoms with Crippen LogP contribution >= 0.6 is 0 Å². The van der Waals surface area contributed by atoms with Gasteiger partial charge in [0.15, 0.2) is 0 Å². The smallest absolute Gasteiger partial charge is 0.227 e. The van der Waals surface area contributed by atoms with E-state index in [0.717, 1.165) is 37.4 Å². The lowest BCUT2D eigenvalue weighted by molar-refractivity contribution is -0.131. The molecular weight excluding hydrogens is 200 g/mol. The Kier molecular flexibility index (Phi) is 3.54. The average molecular weight is 218 g/mol. The van der Waals surface area contributed by atoms with Crippen LogP contribution in [0.3, 0.4) is 0 Å². The van der Waals surface area contributed by atoms with Crippen molar-refractivity contribution in [2.45, 2.75) is 26.2 Å². The van der Waals surface area contributed by atoms with E-state index in [0.29, 0.717) is 6.42 Å². The Balaban J connectivity index is 1.89. The zero-order chi connectivity index (χ0) is 11.4. The van der Waals surface area contributed by atoms with Crippen molar-refractivity contribution < 1.29 is 4.79 Å². The molecule has 0 atom stereocenters. The quantitative estimate of drug-likeness (QED) is 0.759. The third-order valence-corrected chi connectivity index (χ3v) is 3.21. The molecule has 0 spiro atoms. The molecule has 1 aliphatic heterocycles. The van der Waals surface area contributed by atoms with Crippen molar-refractivity contribution in [3.63, 3.8) is 0 Å². The van der Waals surface area contributed by atoms with Gasteiger partial charge in [0.25, 0.3) is 0 Å². The van der Waals surface area contributed by atoms with Crippen LogP contribution in [0.2, 0.25) is 0 Å². The number of amides is 1. The highest BCUT2D eigenvalue weighted by molar-refractivity contribution is 5.78. The first kappa shape index (κ1) is 11.1. The number of pyridine rings is 1. The van der Waals surface area contributed by atoms with Crippen molar-refractivity contribution in [1.82, 2.24) is 9.88 Å². The number of hydrogen-bond acceptors (Lipinski definition) is 2. The SMILES string of the molecule is CC1CCN(C(=O)Cc2cccnc2)CC1. The van der Waals surface area contributed by atoms with Crippen LogP contribution in [0.1, 0.15) is 25.3 Å². The predicted molar refractivity (Wildman–Crippen MR) is 62.9 cm³/mol. The summed E-state index contributed by atoms with van der Waals surface area (Å²) in [6.07, 6.45) is 6.26. The Morgan fingerprint density at radius 1 is 1.50 bits per heavy atom. The van der Waals surface area contributed by atoms with E-state index in [1.807, 2.05) is 17.0 Å². The van der Waals surface area contributed by atoms with Crippen molar-refractivity contribution in [3.8, 4) is 0 Å². The van der Waals surface area contributed by atoms with Crippen molar-refractivity contribution in [2.24, 2.45) is 5.92 Å². The average Bonchev–Trinajstić information content (AvgIpc) is 2.31. The van der Waals surface area contributed by atoms with Crippen molar-refractivity contribution in [2.75, 3.05) is 13.1 Å². The Labute approximate surface area is 96.5 Å². The molecule has 0 bridgehead atoms. The number of nitrogens with zero attached hydrogens (tertiary/aromatic N) is 2. The first-order valence-corrected chi connectivity index (χ1v) is 5.92. The number of carbonyl (C=O) groups excluding carboxylic acids is 1. The molecular formula is C13H18N2O. The minimum Gasteiger partial charge on any atom is -0.342 e. The highest BCUT2D eigenvalue weighted by atomic mass is 16.2. The highest BCUT2D eigenvalue weighted by Crippen LogP contribution is 2.16. The molecule has 0 N–H and O–H groups in total. The molecule has 0 saturated carbocycles. The molecule has 1 fully saturated rings. The Morgan fingerprint density at radius 2 is 2.25 bits per heavy atom. The van der Waals surface area contributed by atoms with E-state index < -0.39 is 0 Å². The second-order valence-corrected chi connectivity index (χ2v) is 4.60. The van der Waals surface area contributed by atoms with Gasteiger partial charge in [-0.25, -0.2) is 0 Å². The summed E-state index contributed by atoms with van der Waals surface area (Å²) in [5, 5.41) is 0. The van der Waals surface area contributed by atoms with Crippen LogP contribution in [-0.2, 0) is 11.2 Å². The maximum absolute atomic E-state index is 12.0. The molecule has 3 nitrogen and oxygen atoms in total. The van der Waals surface area contributed by atoms with E-state index in [1.54, 1.807) is 12.4 Å². The first-order chi connectivity index (χ1) is 7.75. The maximum atomic E-state index is 12.0. The zero-order valence-electron chi connectivity index (χ0n) is 9.72. The van der Waals surface area contributed by atoms with Crippen molar-refractivity contribution in [1.29, 1.82) is 0 Å². The van der Waals surface area contributed by atoms with Crippen LogP contribution in [0.5, 0.6) is 0 Å².